The van der Waals surface area contributed by atoms with Crippen molar-refractivity contribution in [3.63, 3.8) is 0 Å². The van der Waals surface area contributed by atoms with E-state index in [1.165, 1.54) is 0 Å². The Hall–Kier alpha value is -1.38. The standard InChI is InChI=1S/C15H20O3/c1-9-5-12(18-13(17)6-9)14-10(2)7-11(16)8-15(14,3)4/h6,12H,5,7-8H2,1-4H3. The zero-order valence-corrected chi connectivity index (χ0v) is 11.5. The summed E-state index contributed by atoms with van der Waals surface area (Å²) in [4.78, 5) is 23.2. The fourth-order valence-electron chi connectivity index (χ4n) is 3.26. The summed E-state index contributed by atoms with van der Waals surface area (Å²) in [7, 11) is 0. The zero-order valence-electron chi connectivity index (χ0n) is 11.5. The molecule has 18 heavy (non-hydrogen) atoms. The molecule has 1 unspecified atom stereocenters. The third kappa shape index (κ3) is 2.40. The molecule has 0 aromatic rings. The van der Waals surface area contributed by atoms with E-state index in [-0.39, 0.29) is 23.3 Å². The Bertz CT molecular complexity index is 466. The van der Waals surface area contributed by atoms with Crippen LogP contribution in [0.5, 0.6) is 0 Å². The van der Waals surface area contributed by atoms with E-state index >= 15 is 0 Å². The fourth-order valence-corrected chi connectivity index (χ4v) is 3.26. The van der Waals surface area contributed by atoms with Crippen LogP contribution in [0.1, 0.15) is 47.0 Å². The van der Waals surface area contributed by atoms with Crippen LogP contribution in [0, 0.1) is 5.41 Å². The Morgan fingerprint density at radius 1 is 1.28 bits per heavy atom. The topological polar surface area (TPSA) is 43.4 Å². The van der Waals surface area contributed by atoms with Crippen LogP contribution in [-0.4, -0.2) is 17.9 Å². The first-order valence-electron chi connectivity index (χ1n) is 6.39. The SMILES string of the molecule is CC1=CC(=O)OC(C2=C(C)CC(=O)CC2(C)C)C1. The van der Waals surface area contributed by atoms with Gasteiger partial charge in [0.25, 0.3) is 0 Å². The van der Waals surface area contributed by atoms with Gasteiger partial charge in [0, 0.05) is 25.3 Å². The lowest BCUT2D eigenvalue weighted by atomic mass is 9.69. The summed E-state index contributed by atoms with van der Waals surface area (Å²) in [5.41, 5.74) is 3.05. The molecule has 0 radical (unpaired) electrons. The molecular weight excluding hydrogens is 228 g/mol. The Labute approximate surface area is 108 Å². The van der Waals surface area contributed by atoms with E-state index in [0.717, 1.165) is 23.1 Å². The zero-order chi connectivity index (χ0) is 13.5. The van der Waals surface area contributed by atoms with Gasteiger partial charge in [-0.3, -0.25) is 4.79 Å². The van der Waals surface area contributed by atoms with Crippen LogP contribution in [0.15, 0.2) is 22.8 Å². The summed E-state index contributed by atoms with van der Waals surface area (Å²) in [5, 5.41) is 0. The maximum absolute atomic E-state index is 11.7. The molecule has 0 spiro atoms. The molecule has 0 aromatic heterocycles. The molecule has 0 fully saturated rings. The summed E-state index contributed by atoms with van der Waals surface area (Å²) >= 11 is 0. The van der Waals surface area contributed by atoms with Crippen molar-refractivity contribution in [3.8, 4) is 0 Å². The maximum atomic E-state index is 11.7. The van der Waals surface area contributed by atoms with Gasteiger partial charge in [0.05, 0.1) is 0 Å². The largest absolute Gasteiger partial charge is 0.454 e. The molecule has 3 heteroatoms. The Morgan fingerprint density at radius 3 is 2.50 bits per heavy atom. The Balaban J connectivity index is 2.37. The van der Waals surface area contributed by atoms with E-state index < -0.39 is 0 Å². The lowest BCUT2D eigenvalue weighted by Gasteiger charge is -2.38. The van der Waals surface area contributed by atoms with Gasteiger partial charge in [0.15, 0.2) is 0 Å². The molecule has 0 N–H and O–H groups in total. The molecule has 98 valence electrons. The van der Waals surface area contributed by atoms with Crippen LogP contribution in [0.4, 0.5) is 0 Å². The Morgan fingerprint density at radius 2 is 1.94 bits per heavy atom. The minimum Gasteiger partial charge on any atom is -0.454 e. The summed E-state index contributed by atoms with van der Waals surface area (Å²) in [6.45, 7) is 8.05. The molecule has 0 aromatic carbocycles. The smallest absolute Gasteiger partial charge is 0.331 e. The van der Waals surface area contributed by atoms with E-state index in [0.29, 0.717) is 12.8 Å². The number of ketones is 1. The number of carbonyl (C=O) groups is 2. The van der Waals surface area contributed by atoms with Crippen molar-refractivity contribution in [1.82, 2.24) is 0 Å². The van der Waals surface area contributed by atoms with Gasteiger partial charge in [0.1, 0.15) is 11.9 Å². The van der Waals surface area contributed by atoms with Gasteiger partial charge in [-0.25, -0.2) is 4.79 Å². The van der Waals surface area contributed by atoms with Crippen LogP contribution in [-0.2, 0) is 14.3 Å². The molecule has 1 atom stereocenters. The molecule has 0 bridgehead atoms. The summed E-state index contributed by atoms with van der Waals surface area (Å²) < 4.78 is 5.45. The minimum absolute atomic E-state index is 0.189. The van der Waals surface area contributed by atoms with Gasteiger partial charge < -0.3 is 4.74 Å². The first-order chi connectivity index (χ1) is 8.29. The third-order valence-corrected chi connectivity index (χ3v) is 3.74. The maximum Gasteiger partial charge on any atom is 0.331 e. The van der Waals surface area contributed by atoms with Crippen LogP contribution >= 0.6 is 0 Å². The van der Waals surface area contributed by atoms with E-state index in [9.17, 15) is 9.59 Å². The molecule has 2 aliphatic rings. The highest BCUT2D eigenvalue weighted by atomic mass is 16.5. The molecule has 3 nitrogen and oxygen atoms in total. The second kappa shape index (κ2) is 4.38. The van der Waals surface area contributed by atoms with Crippen LogP contribution in [0.25, 0.3) is 0 Å². The van der Waals surface area contributed by atoms with Crippen molar-refractivity contribution >= 4 is 11.8 Å². The average molecular weight is 248 g/mol. The number of allylic oxidation sites excluding steroid dienone is 1. The fraction of sp³-hybridized carbons (Fsp3) is 0.600. The van der Waals surface area contributed by atoms with Crippen molar-refractivity contribution in [2.24, 2.45) is 5.41 Å². The number of ether oxygens (including phenoxy) is 1. The van der Waals surface area contributed by atoms with Gasteiger partial charge in [-0.1, -0.05) is 25.0 Å². The van der Waals surface area contributed by atoms with Crippen molar-refractivity contribution in [3.05, 3.63) is 22.8 Å². The summed E-state index contributed by atoms with van der Waals surface area (Å²) in [6.07, 6.45) is 3.14. The minimum atomic E-state index is -0.267. The van der Waals surface area contributed by atoms with E-state index in [1.54, 1.807) is 6.08 Å². The summed E-state index contributed by atoms with van der Waals surface area (Å²) in [5.74, 6) is 0.00685. The van der Waals surface area contributed by atoms with Crippen LogP contribution in [0.2, 0.25) is 0 Å². The number of hydrogen-bond acceptors (Lipinski definition) is 3. The monoisotopic (exact) mass is 248 g/mol. The van der Waals surface area contributed by atoms with Crippen molar-refractivity contribution in [2.75, 3.05) is 0 Å². The lowest BCUT2D eigenvalue weighted by Crippen LogP contribution is -2.36. The third-order valence-electron chi connectivity index (χ3n) is 3.74. The number of hydrogen-bond donors (Lipinski definition) is 0. The van der Waals surface area contributed by atoms with Gasteiger partial charge in [-0.15, -0.1) is 0 Å². The van der Waals surface area contributed by atoms with E-state index in [4.69, 9.17) is 4.74 Å². The average Bonchev–Trinajstić information content (AvgIpc) is 2.11. The van der Waals surface area contributed by atoms with Gasteiger partial charge in [0.2, 0.25) is 0 Å². The number of carbonyl (C=O) groups excluding carboxylic acids is 2. The highest BCUT2D eigenvalue weighted by Gasteiger charge is 2.39. The van der Waals surface area contributed by atoms with Gasteiger partial charge in [-0.2, -0.15) is 0 Å². The molecule has 0 saturated carbocycles. The van der Waals surface area contributed by atoms with Gasteiger partial charge in [-0.05, 0) is 24.8 Å². The molecule has 2 rings (SSSR count). The number of esters is 1. The van der Waals surface area contributed by atoms with Crippen LogP contribution in [0.3, 0.4) is 0 Å². The van der Waals surface area contributed by atoms with E-state index in [1.807, 2.05) is 13.8 Å². The molecule has 0 amide bonds. The first-order valence-corrected chi connectivity index (χ1v) is 6.39. The highest BCUT2D eigenvalue weighted by molar-refractivity contribution is 5.85. The lowest BCUT2D eigenvalue weighted by molar-refractivity contribution is -0.143. The Kier molecular flexibility index (Phi) is 3.18. The van der Waals surface area contributed by atoms with Crippen LogP contribution < -0.4 is 0 Å². The predicted molar refractivity (Wildman–Crippen MR) is 69.0 cm³/mol. The molecular formula is C15H20O3. The van der Waals surface area contributed by atoms with Gasteiger partial charge >= 0.3 is 5.97 Å². The number of rotatable bonds is 1. The molecule has 1 aliphatic heterocycles. The molecule has 1 aliphatic carbocycles. The van der Waals surface area contributed by atoms with E-state index in [2.05, 4.69) is 13.8 Å². The van der Waals surface area contributed by atoms with Crippen molar-refractivity contribution < 1.29 is 14.3 Å². The van der Waals surface area contributed by atoms with Crippen molar-refractivity contribution in [2.45, 2.75) is 53.1 Å². The second-order valence-corrected chi connectivity index (χ2v) is 6.09. The quantitative estimate of drug-likeness (QED) is 0.529. The molecule has 0 saturated heterocycles. The number of Topliss-reactive ketones (excluding diaryl/α,β-unsaturated/α-hetero) is 1. The highest BCUT2D eigenvalue weighted by Crippen LogP contribution is 2.43. The predicted octanol–water partition coefficient (Wildman–Crippen LogP) is 2.95. The first kappa shape index (κ1) is 13.1. The summed E-state index contributed by atoms with van der Waals surface area (Å²) in [6, 6.07) is 0. The second-order valence-electron chi connectivity index (χ2n) is 6.09. The molecule has 1 heterocycles. The van der Waals surface area contributed by atoms with Crippen molar-refractivity contribution in [1.29, 1.82) is 0 Å². The normalized spacial score (nSPS) is 28.0. The number of cyclic esters (lactones) is 1.